The van der Waals surface area contributed by atoms with Crippen LogP contribution in [0.3, 0.4) is 0 Å². The molecule has 0 saturated heterocycles. The van der Waals surface area contributed by atoms with Gasteiger partial charge < -0.3 is 30.5 Å². The summed E-state index contributed by atoms with van der Waals surface area (Å²) in [5.74, 6) is 0.366. The van der Waals surface area contributed by atoms with Crippen molar-refractivity contribution in [3.05, 3.63) is 47.9 Å². The van der Waals surface area contributed by atoms with E-state index < -0.39 is 7.12 Å². The van der Waals surface area contributed by atoms with E-state index in [4.69, 9.17) is 14.8 Å². The van der Waals surface area contributed by atoms with E-state index in [1.165, 1.54) is 13.3 Å². The van der Waals surface area contributed by atoms with Gasteiger partial charge in [-0.1, -0.05) is 24.3 Å². The van der Waals surface area contributed by atoms with E-state index in [1.807, 2.05) is 0 Å². The molecule has 0 atom stereocenters. The molecule has 140 valence electrons. The number of carbonyl (C=O) groups excluding carboxylic acids is 2. The third kappa shape index (κ3) is 4.90. The third-order valence-corrected chi connectivity index (χ3v) is 3.67. The summed E-state index contributed by atoms with van der Waals surface area (Å²) in [6.07, 6.45) is 3.75. The minimum atomic E-state index is -1.48. The topological polar surface area (TPSA) is 140 Å². The van der Waals surface area contributed by atoms with Crippen molar-refractivity contribution in [3.63, 3.8) is 0 Å². The Morgan fingerprint density at radius 2 is 1.93 bits per heavy atom. The van der Waals surface area contributed by atoms with Crippen LogP contribution in [0.4, 0.5) is 5.82 Å². The average molecular weight is 369 g/mol. The number of rotatable bonds is 5. The molecule has 27 heavy (non-hydrogen) atoms. The van der Waals surface area contributed by atoms with Crippen molar-refractivity contribution in [1.29, 1.82) is 0 Å². The maximum absolute atomic E-state index is 11.8. The lowest BCUT2D eigenvalue weighted by Crippen LogP contribution is -2.29. The second-order valence-corrected chi connectivity index (χ2v) is 5.43. The maximum atomic E-state index is 11.8. The molecule has 1 amide bonds. The highest BCUT2D eigenvalue weighted by atomic mass is 16.4. The van der Waals surface area contributed by atoms with E-state index in [2.05, 4.69) is 25.6 Å². The van der Waals surface area contributed by atoms with Gasteiger partial charge in [-0.05, 0) is 17.9 Å². The van der Waals surface area contributed by atoms with Crippen LogP contribution in [0.5, 0.6) is 0 Å². The number of aldehydes is 1. The first-order valence-electron chi connectivity index (χ1n) is 8.14. The predicted octanol–water partition coefficient (Wildman–Crippen LogP) is -0.185. The number of H-pyrrole nitrogens is 1. The zero-order chi connectivity index (χ0) is 19.8. The van der Waals surface area contributed by atoms with E-state index in [9.17, 15) is 4.79 Å². The molecule has 0 aliphatic heterocycles. The molecule has 0 spiro atoms. The van der Waals surface area contributed by atoms with Crippen LogP contribution in [0, 0.1) is 0 Å². The van der Waals surface area contributed by atoms with Gasteiger partial charge >= 0.3 is 7.12 Å². The third-order valence-electron chi connectivity index (χ3n) is 3.67. The molecule has 0 aliphatic rings. The van der Waals surface area contributed by atoms with Crippen LogP contribution in [0.25, 0.3) is 11.0 Å². The van der Waals surface area contributed by atoms with Gasteiger partial charge in [-0.3, -0.25) is 4.79 Å². The van der Waals surface area contributed by atoms with E-state index in [0.29, 0.717) is 34.4 Å². The van der Waals surface area contributed by atoms with Crippen molar-refractivity contribution < 1.29 is 19.6 Å². The van der Waals surface area contributed by atoms with Gasteiger partial charge in [-0.2, -0.15) is 0 Å². The van der Waals surface area contributed by atoms with Crippen LogP contribution >= 0.6 is 0 Å². The van der Waals surface area contributed by atoms with Gasteiger partial charge in [-0.15, -0.1) is 0 Å². The molecule has 1 aromatic carbocycles. The van der Waals surface area contributed by atoms with Crippen LogP contribution in [-0.2, 0) is 11.3 Å². The van der Waals surface area contributed by atoms with Crippen LogP contribution in [-0.4, -0.2) is 51.4 Å². The Labute approximate surface area is 156 Å². The molecular weight excluding hydrogens is 349 g/mol. The van der Waals surface area contributed by atoms with E-state index in [0.717, 1.165) is 11.8 Å². The largest absolute Gasteiger partial charge is 0.488 e. The Hall–Kier alpha value is -3.24. The molecule has 5 N–H and O–H groups in total. The van der Waals surface area contributed by atoms with Crippen molar-refractivity contribution in [3.8, 4) is 0 Å². The van der Waals surface area contributed by atoms with Crippen molar-refractivity contribution in [2.75, 3.05) is 12.4 Å². The summed E-state index contributed by atoms with van der Waals surface area (Å²) in [5.41, 5.74) is 3.04. The molecular formula is C17H20BN5O4. The highest BCUT2D eigenvalue weighted by Crippen LogP contribution is 2.21. The molecule has 3 aromatic rings. The van der Waals surface area contributed by atoms with E-state index in [1.54, 1.807) is 37.5 Å². The summed E-state index contributed by atoms with van der Waals surface area (Å²) in [6, 6.07) is 6.89. The monoisotopic (exact) mass is 369 g/mol. The first-order chi connectivity index (χ1) is 13.0. The second-order valence-electron chi connectivity index (χ2n) is 5.43. The number of nitrogens with zero attached hydrogens (tertiary/aromatic N) is 2. The Bertz CT molecular complexity index is 911. The van der Waals surface area contributed by atoms with E-state index >= 15 is 0 Å². The van der Waals surface area contributed by atoms with Gasteiger partial charge in [-0.25, -0.2) is 9.97 Å². The normalized spacial score (nSPS) is 9.93. The minimum absolute atomic E-state index is 0.218. The molecule has 0 saturated carbocycles. The van der Waals surface area contributed by atoms with Gasteiger partial charge in [0, 0.05) is 19.8 Å². The Kier molecular flexibility index (Phi) is 7.04. The van der Waals surface area contributed by atoms with Crippen molar-refractivity contribution >= 4 is 41.6 Å². The summed E-state index contributed by atoms with van der Waals surface area (Å²) in [7, 11) is 0.0876. The fourth-order valence-electron chi connectivity index (χ4n) is 2.37. The number of hydrogen-bond acceptors (Lipinski definition) is 7. The summed E-state index contributed by atoms with van der Waals surface area (Å²) in [5, 5.41) is 23.9. The van der Waals surface area contributed by atoms with Crippen LogP contribution < -0.4 is 16.1 Å². The summed E-state index contributed by atoms with van der Waals surface area (Å²) in [6.45, 7) is 1.93. The molecule has 2 heterocycles. The number of benzene rings is 1. The van der Waals surface area contributed by atoms with Crippen molar-refractivity contribution in [1.82, 2.24) is 20.3 Å². The number of aromatic nitrogens is 3. The summed E-state index contributed by atoms with van der Waals surface area (Å²) < 4.78 is 0. The fourth-order valence-corrected chi connectivity index (χ4v) is 2.37. The van der Waals surface area contributed by atoms with Gasteiger partial charge in [0.05, 0.1) is 5.56 Å². The van der Waals surface area contributed by atoms with Gasteiger partial charge in [0.2, 0.25) is 0 Å². The molecule has 0 aliphatic carbocycles. The van der Waals surface area contributed by atoms with Gasteiger partial charge in [0.15, 0.2) is 5.82 Å². The average Bonchev–Trinajstić information content (AvgIpc) is 3.11. The molecule has 0 fully saturated rings. The number of hydrogen-bond donors (Lipinski definition) is 5. The number of carbonyl (C=O) groups is 2. The van der Waals surface area contributed by atoms with Crippen molar-refractivity contribution in [2.24, 2.45) is 0 Å². The quantitative estimate of drug-likeness (QED) is 0.310. The lowest BCUT2D eigenvalue weighted by atomic mass is 9.80. The molecule has 3 rings (SSSR count). The van der Waals surface area contributed by atoms with Crippen LogP contribution in [0.15, 0.2) is 36.8 Å². The molecule has 0 bridgehead atoms. The lowest BCUT2D eigenvalue weighted by molar-refractivity contribution is -0.106. The maximum Gasteiger partial charge on any atom is 0.488 e. The summed E-state index contributed by atoms with van der Waals surface area (Å²) >= 11 is 0. The Morgan fingerprint density at radius 1 is 1.26 bits per heavy atom. The Balaban J connectivity index is 0.000000817. The first-order valence-corrected chi connectivity index (χ1v) is 8.14. The highest BCUT2D eigenvalue weighted by molar-refractivity contribution is 6.58. The molecule has 2 aromatic heterocycles. The lowest BCUT2D eigenvalue weighted by Gasteiger charge is -2.07. The van der Waals surface area contributed by atoms with Crippen LogP contribution in [0.2, 0.25) is 0 Å². The number of amides is 1. The molecule has 10 heteroatoms. The zero-order valence-corrected chi connectivity index (χ0v) is 14.9. The predicted molar refractivity (Wildman–Crippen MR) is 103 cm³/mol. The minimum Gasteiger partial charge on any atom is -0.423 e. The second kappa shape index (κ2) is 9.46. The zero-order valence-electron chi connectivity index (χ0n) is 14.9. The SMILES string of the molecule is CC=O.CNC(=O)c1c[nH]c2c(NCc3ccc(B(O)O)cc3)ncnc12. The van der Waals surface area contributed by atoms with E-state index in [-0.39, 0.29) is 5.91 Å². The molecule has 9 nitrogen and oxygen atoms in total. The molecule has 0 unspecified atom stereocenters. The first kappa shape index (κ1) is 20.1. The van der Waals surface area contributed by atoms with Crippen molar-refractivity contribution in [2.45, 2.75) is 13.5 Å². The van der Waals surface area contributed by atoms with Crippen LogP contribution in [0.1, 0.15) is 22.8 Å². The highest BCUT2D eigenvalue weighted by Gasteiger charge is 2.15. The number of anilines is 1. The fraction of sp³-hybridized carbons (Fsp3) is 0.176. The smallest absolute Gasteiger partial charge is 0.423 e. The standard InChI is InChI=1S/C15H16BN5O3.C2H4O/c1-17-15(22)11-7-18-13-12(11)20-8-21-14(13)19-6-9-2-4-10(5-3-9)16(23)24;1-2-3/h2-5,7-8,18,23-24H,6H2,1H3,(H,17,22)(H,19,20,21);2H,1H3. The number of nitrogens with one attached hydrogen (secondary N) is 3. The summed E-state index contributed by atoms with van der Waals surface area (Å²) in [4.78, 5) is 32.0. The Morgan fingerprint density at radius 3 is 2.52 bits per heavy atom. The molecule has 0 radical (unpaired) electrons. The van der Waals surface area contributed by atoms with Gasteiger partial charge in [0.25, 0.3) is 5.91 Å². The number of aromatic amines is 1. The number of fused-ring (bicyclic) bond motifs is 1. The van der Waals surface area contributed by atoms with Gasteiger partial charge in [0.1, 0.15) is 23.6 Å².